The average molecular weight is 678 g/mol. The third-order valence-electron chi connectivity index (χ3n) is 7.49. The molecule has 2 amide bonds. The first-order valence-corrected chi connectivity index (χ1v) is 17.0. The molecule has 0 aromatic heterocycles. The molecule has 0 fully saturated rings. The van der Waals surface area contributed by atoms with E-state index in [2.05, 4.69) is 5.32 Å². The van der Waals surface area contributed by atoms with Gasteiger partial charge in [-0.2, -0.15) is 0 Å². The summed E-state index contributed by atoms with van der Waals surface area (Å²) >= 11 is 6.16. The van der Waals surface area contributed by atoms with E-state index in [-0.39, 0.29) is 41.1 Å². The molecule has 9 nitrogen and oxygen atoms in total. The Bertz CT molecular complexity index is 1740. The summed E-state index contributed by atoms with van der Waals surface area (Å²) in [5.74, 6) is -0.178. The van der Waals surface area contributed by atoms with Crippen LogP contribution in [0.25, 0.3) is 0 Å². The molecule has 0 aliphatic heterocycles. The van der Waals surface area contributed by atoms with Crippen LogP contribution in [0.2, 0.25) is 5.02 Å². The number of nitrogens with one attached hydrogen (secondary N) is 1. The minimum absolute atomic E-state index is 0.0163. The number of carbonyl (C=O) groups excluding carboxylic acids is 2. The van der Waals surface area contributed by atoms with Gasteiger partial charge in [-0.3, -0.25) is 13.9 Å². The van der Waals surface area contributed by atoms with Crippen LogP contribution in [-0.2, 0) is 32.6 Å². The third kappa shape index (κ3) is 9.27. The van der Waals surface area contributed by atoms with Gasteiger partial charge in [-0.05, 0) is 53.4 Å². The number of hydrogen-bond donors (Lipinski definition) is 1. The highest BCUT2D eigenvalue weighted by molar-refractivity contribution is 7.92. The Labute approximate surface area is 282 Å². The molecule has 4 aromatic carbocycles. The number of halogens is 1. The number of sulfonamides is 1. The number of carbonyl (C=O) groups is 2. The Morgan fingerprint density at radius 1 is 0.830 bits per heavy atom. The zero-order valence-electron chi connectivity index (χ0n) is 26.9. The highest BCUT2D eigenvalue weighted by Crippen LogP contribution is 2.36. The van der Waals surface area contributed by atoms with Crippen LogP contribution in [-0.4, -0.2) is 58.5 Å². The molecule has 0 aliphatic rings. The van der Waals surface area contributed by atoms with E-state index in [0.717, 1.165) is 9.87 Å². The van der Waals surface area contributed by atoms with E-state index in [0.29, 0.717) is 22.9 Å². The van der Waals surface area contributed by atoms with Gasteiger partial charge in [-0.1, -0.05) is 86.1 Å². The molecule has 47 heavy (non-hydrogen) atoms. The first kappa shape index (κ1) is 35.3. The standard InChI is InChI=1S/C36H40ClN3O6S/c1-26(2)23-38-36(42)33(21-27-11-7-5-8-12-27)39(24-28-15-17-29(37)18-16-28)35(41)25-40(47(43,44)31-13-9-6-10-14-31)32-22-30(45-3)19-20-34(32)46-4/h5-20,22,26,33H,21,23-25H2,1-4H3,(H,38,42). The number of anilines is 1. The van der Waals surface area contributed by atoms with E-state index in [4.69, 9.17) is 21.1 Å². The lowest BCUT2D eigenvalue weighted by Gasteiger charge is -2.34. The summed E-state index contributed by atoms with van der Waals surface area (Å²) in [6.45, 7) is 3.77. The van der Waals surface area contributed by atoms with Gasteiger partial charge < -0.3 is 19.7 Å². The van der Waals surface area contributed by atoms with Crippen molar-refractivity contribution in [1.29, 1.82) is 0 Å². The van der Waals surface area contributed by atoms with Crippen LogP contribution < -0.4 is 19.1 Å². The van der Waals surface area contributed by atoms with Gasteiger partial charge in [0.25, 0.3) is 10.0 Å². The van der Waals surface area contributed by atoms with Crippen molar-refractivity contribution in [3.63, 3.8) is 0 Å². The molecular weight excluding hydrogens is 638 g/mol. The maximum absolute atomic E-state index is 14.6. The molecule has 0 spiro atoms. The molecule has 0 saturated carbocycles. The minimum atomic E-state index is -4.31. The lowest BCUT2D eigenvalue weighted by Crippen LogP contribution is -2.53. The predicted octanol–water partition coefficient (Wildman–Crippen LogP) is 5.96. The second-order valence-electron chi connectivity index (χ2n) is 11.4. The van der Waals surface area contributed by atoms with Crippen LogP contribution in [0.1, 0.15) is 25.0 Å². The van der Waals surface area contributed by atoms with Crippen LogP contribution >= 0.6 is 11.6 Å². The van der Waals surface area contributed by atoms with Crippen molar-refractivity contribution in [3.8, 4) is 11.5 Å². The van der Waals surface area contributed by atoms with E-state index in [1.807, 2.05) is 44.2 Å². The first-order valence-electron chi connectivity index (χ1n) is 15.2. The monoisotopic (exact) mass is 677 g/mol. The lowest BCUT2D eigenvalue weighted by atomic mass is 10.0. The number of benzene rings is 4. The van der Waals surface area contributed by atoms with Gasteiger partial charge in [0.2, 0.25) is 11.8 Å². The van der Waals surface area contributed by atoms with Crippen LogP contribution in [0.4, 0.5) is 5.69 Å². The zero-order chi connectivity index (χ0) is 34.0. The summed E-state index contributed by atoms with van der Waals surface area (Å²) in [5, 5.41) is 3.51. The van der Waals surface area contributed by atoms with Gasteiger partial charge in [0.1, 0.15) is 24.1 Å². The topological polar surface area (TPSA) is 105 Å². The van der Waals surface area contributed by atoms with Crippen molar-refractivity contribution in [2.24, 2.45) is 5.92 Å². The van der Waals surface area contributed by atoms with Crippen LogP contribution in [0.15, 0.2) is 108 Å². The molecule has 1 N–H and O–H groups in total. The van der Waals surface area contributed by atoms with Crippen molar-refractivity contribution >= 4 is 39.1 Å². The van der Waals surface area contributed by atoms with Crippen molar-refractivity contribution in [1.82, 2.24) is 10.2 Å². The fourth-order valence-corrected chi connectivity index (χ4v) is 6.55. The van der Waals surface area contributed by atoms with Gasteiger partial charge in [0, 0.05) is 30.6 Å². The summed E-state index contributed by atoms with van der Waals surface area (Å²) in [6, 6.07) is 28.0. The van der Waals surface area contributed by atoms with E-state index in [1.54, 1.807) is 54.6 Å². The molecule has 0 saturated heterocycles. The molecule has 1 atom stereocenters. The van der Waals surface area contributed by atoms with E-state index in [1.165, 1.54) is 37.3 Å². The highest BCUT2D eigenvalue weighted by atomic mass is 35.5. The third-order valence-corrected chi connectivity index (χ3v) is 9.51. The molecule has 248 valence electrons. The van der Waals surface area contributed by atoms with Crippen molar-refractivity contribution in [3.05, 3.63) is 119 Å². The van der Waals surface area contributed by atoms with Crippen LogP contribution in [0, 0.1) is 5.92 Å². The maximum atomic E-state index is 14.6. The van der Waals surface area contributed by atoms with E-state index >= 15 is 0 Å². The number of ether oxygens (including phenoxy) is 2. The summed E-state index contributed by atoms with van der Waals surface area (Å²) in [6.07, 6.45) is 0.206. The van der Waals surface area contributed by atoms with Crippen LogP contribution in [0.3, 0.4) is 0 Å². The Morgan fingerprint density at radius 3 is 2.06 bits per heavy atom. The number of methoxy groups -OCH3 is 2. The Hall–Kier alpha value is -4.54. The molecular formula is C36H40ClN3O6S. The largest absolute Gasteiger partial charge is 0.497 e. The molecule has 11 heteroatoms. The molecule has 0 radical (unpaired) electrons. The summed E-state index contributed by atoms with van der Waals surface area (Å²) in [7, 11) is -1.43. The van der Waals surface area contributed by atoms with Crippen molar-refractivity contribution in [2.75, 3.05) is 31.6 Å². The van der Waals surface area contributed by atoms with Gasteiger partial charge in [-0.15, -0.1) is 0 Å². The van der Waals surface area contributed by atoms with Crippen LogP contribution in [0.5, 0.6) is 11.5 Å². The SMILES string of the molecule is COc1ccc(OC)c(N(CC(=O)N(Cc2ccc(Cl)cc2)C(Cc2ccccc2)C(=O)NCC(C)C)S(=O)(=O)c2ccccc2)c1. The quantitative estimate of drug-likeness (QED) is 0.166. The number of nitrogens with zero attached hydrogens (tertiary/aromatic N) is 2. The summed E-state index contributed by atoms with van der Waals surface area (Å²) in [4.78, 5) is 30.0. The Morgan fingerprint density at radius 2 is 1.47 bits per heavy atom. The first-order chi connectivity index (χ1) is 22.5. The Kier molecular flexibility index (Phi) is 12.3. The van der Waals surface area contributed by atoms with Crippen molar-refractivity contribution < 1.29 is 27.5 Å². The summed E-state index contributed by atoms with van der Waals surface area (Å²) in [5.41, 5.74) is 1.67. The van der Waals surface area contributed by atoms with E-state index < -0.39 is 28.5 Å². The lowest BCUT2D eigenvalue weighted by molar-refractivity contribution is -0.140. The summed E-state index contributed by atoms with van der Waals surface area (Å²) < 4.78 is 40.6. The number of hydrogen-bond acceptors (Lipinski definition) is 6. The Balaban J connectivity index is 1.85. The predicted molar refractivity (Wildman–Crippen MR) is 184 cm³/mol. The minimum Gasteiger partial charge on any atom is -0.497 e. The second-order valence-corrected chi connectivity index (χ2v) is 13.7. The van der Waals surface area contributed by atoms with Gasteiger partial charge in [0.15, 0.2) is 0 Å². The molecule has 4 aromatic rings. The molecule has 0 aliphatic carbocycles. The number of amides is 2. The maximum Gasteiger partial charge on any atom is 0.264 e. The molecule has 1 unspecified atom stereocenters. The highest BCUT2D eigenvalue weighted by Gasteiger charge is 2.35. The van der Waals surface area contributed by atoms with Gasteiger partial charge >= 0.3 is 0 Å². The molecule has 4 rings (SSSR count). The number of rotatable bonds is 15. The zero-order valence-corrected chi connectivity index (χ0v) is 28.5. The normalized spacial score (nSPS) is 11.9. The average Bonchev–Trinajstić information content (AvgIpc) is 3.08. The smallest absolute Gasteiger partial charge is 0.264 e. The van der Waals surface area contributed by atoms with Gasteiger partial charge in [-0.25, -0.2) is 8.42 Å². The molecule has 0 heterocycles. The molecule has 0 bridgehead atoms. The fraction of sp³-hybridized carbons (Fsp3) is 0.278. The van der Waals surface area contributed by atoms with E-state index in [9.17, 15) is 18.0 Å². The van der Waals surface area contributed by atoms with Crippen molar-refractivity contribution in [2.45, 2.75) is 37.8 Å². The van der Waals surface area contributed by atoms with Gasteiger partial charge in [0.05, 0.1) is 24.8 Å². The second kappa shape index (κ2) is 16.3. The fourth-order valence-electron chi connectivity index (χ4n) is 4.99.